The maximum Gasteiger partial charge on any atom is 0.121 e. The molecule has 1 aromatic carbocycles. The van der Waals surface area contributed by atoms with Crippen molar-refractivity contribution < 1.29 is 5.11 Å². The van der Waals surface area contributed by atoms with Crippen LogP contribution < -0.4 is 0 Å². The fraction of sp³-hybridized carbons (Fsp3) is 0.400. The molecule has 1 N–H and O–H groups in total. The van der Waals surface area contributed by atoms with E-state index in [-0.39, 0.29) is 0 Å². The molecule has 0 fully saturated rings. The van der Waals surface area contributed by atoms with E-state index in [9.17, 15) is 5.11 Å². The predicted molar refractivity (Wildman–Crippen MR) is 72.3 cm³/mol. The summed E-state index contributed by atoms with van der Waals surface area (Å²) < 4.78 is 1.85. The molecule has 0 aliphatic rings. The van der Waals surface area contributed by atoms with Gasteiger partial charge in [0, 0.05) is 7.05 Å². The summed E-state index contributed by atoms with van der Waals surface area (Å²) in [5.74, 6) is 0.620. The van der Waals surface area contributed by atoms with Gasteiger partial charge in [0.15, 0.2) is 0 Å². The smallest absolute Gasteiger partial charge is 0.121 e. The van der Waals surface area contributed by atoms with Crippen molar-refractivity contribution in [2.75, 3.05) is 0 Å². The molecule has 3 heteroatoms. The van der Waals surface area contributed by atoms with Gasteiger partial charge < -0.3 is 9.67 Å². The minimum Gasteiger partial charge on any atom is -0.382 e. The topological polar surface area (TPSA) is 38.1 Å². The van der Waals surface area contributed by atoms with Gasteiger partial charge in [-0.3, -0.25) is 0 Å². The minimum atomic E-state index is -0.607. The van der Waals surface area contributed by atoms with Crippen LogP contribution in [0.4, 0.5) is 0 Å². The van der Waals surface area contributed by atoms with Crippen molar-refractivity contribution in [2.24, 2.45) is 13.0 Å². The maximum atomic E-state index is 10.4. The molecule has 3 nitrogen and oxygen atoms in total. The fourth-order valence-corrected chi connectivity index (χ4v) is 2.16. The molecule has 18 heavy (non-hydrogen) atoms. The van der Waals surface area contributed by atoms with Crippen LogP contribution >= 0.6 is 0 Å². The molecule has 1 atom stereocenters. The van der Waals surface area contributed by atoms with Gasteiger partial charge in [0.05, 0.1) is 18.2 Å². The van der Waals surface area contributed by atoms with E-state index in [1.54, 1.807) is 12.5 Å². The average molecular weight is 244 g/mol. The van der Waals surface area contributed by atoms with E-state index >= 15 is 0 Å². The van der Waals surface area contributed by atoms with Gasteiger partial charge in [-0.1, -0.05) is 38.1 Å². The van der Waals surface area contributed by atoms with Crippen LogP contribution in [0.25, 0.3) is 0 Å². The van der Waals surface area contributed by atoms with E-state index < -0.39 is 6.10 Å². The zero-order valence-corrected chi connectivity index (χ0v) is 11.2. The van der Waals surface area contributed by atoms with Crippen molar-refractivity contribution in [3.8, 4) is 0 Å². The van der Waals surface area contributed by atoms with Crippen LogP contribution in [-0.2, 0) is 13.5 Å². The first-order chi connectivity index (χ1) is 8.58. The monoisotopic (exact) mass is 244 g/mol. The SMILES string of the molecule is CC(C)Cc1cccc(C(O)c2cncn2C)c1. The zero-order valence-electron chi connectivity index (χ0n) is 11.2. The zero-order chi connectivity index (χ0) is 13.1. The van der Waals surface area contributed by atoms with Gasteiger partial charge in [-0.05, 0) is 23.5 Å². The third-order valence-corrected chi connectivity index (χ3v) is 3.04. The summed E-state index contributed by atoms with van der Waals surface area (Å²) in [7, 11) is 1.89. The molecule has 0 spiro atoms. The highest BCUT2D eigenvalue weighted by atomic mass is 16.3. The number of aryl methyl sites for hydroxylation is 1. The highest BCUT2D eigenvalue weighted by Crippen LogP contribution is 2.22. The van der Waals surface area contributed by atoms with Crippen LogP contribution in [0.3, 0.4) is 0 Å². The van der Waals surface area contributed by atoms with Crippen LogP contribution in [0.1, 0.15) is 36.8 Å². The molecule has 0 aliphatic heterocycles. The summed E-state index contributed by atoms with van der Waals surface area (Å²) in [6.07, 6.45) is 3.84. The third-order valence-electron chi connectivity index (χ3n) is 3.04. The van der Waals surface area contributed by atoms with E-state index in [4.69, 9.17) is 0 Å². The van der Waals surface area contributed by atoms with Gasteiger partial charge >= 0.3 is 0 Å². The van der Waals surface area contributed by atoms with E-state index in [1.807, 2.05) is 23.7 Å². The van der Waals surface area contributed by atoms with Crippen LogP contribution in [0.5, 0.6) is 0 Å². The first-order valence-corrected chi connectivity index (χ1v) is 6.31. The quantitative estimate of drug-likeness (QED) is 0.898. The Labute approximate surface area is 108 Å². The Morgan fingerprint density at radius 3 is 2.72 bits per heavy atom. The summed E-state index contributed by atoms with van der Waals surface area (Å²) in [6, 6.07) is 8.16. The molecule has 0 bridgehead atoms. The fourth-order valence-electron chi connectivity index (χ4n) is 2.16. The first-order valence-electron chi connectivity index (χ1n) is 6.31. The number of hydrogen-bond acceptors (Lipinski definition) is 2. The first kappa shape index (κ1) is 12.8. The van der Waals surface area contributed by atoms with Gasteiger partial charge in [-0.25, -0.2) is 4.98 Å². The van der Waals surface area contributed by atoms with Crippen molar-refractivity contribution >= 4 is 0 Å². The number of benzene rings is 1. The number of aromatic nitrogens is 2. The van der Waals surface area contributed by atoms with Crippen molar-refractivity contribution in [1.82, 2.24) is 9.55 Å². The Balaban J connectivity index is 2.25. The number of rotatable bonds is 4. The molecule has 0 saturated heterocycles. The molecular weight excluding hydrogens is 224 g/mol. The lowest BCUT2D eigenvalue weighted by molar-refractivity contribution is 0.211. The van der Waals surface area contributed by atoms with Crippen molar-refractivity contribution in [3.63, 3.8) is 0 Å². The molecule has 1 aromatic heterocycles. The summed E-state index contributed by atoms with van der Waals surface area (Å²) in [6.45, 7) is 4.40. The molecule has 0 radical (unpaired) electrons. The van der Waals surface area contributed by atoms with Crippen molar-refractivity contribution in [3.05, 3.63) is 53.6 Å². The Kier molecular flexibility index (Phi) is 3.82. The van der Waals surface area contributed by atoms with Gasteiger partial charge in [-0.15, -0.1) is 0 Å². The van der Waals surface area contributed by atoms with Gasteiger partial charge in [-0.2, -0.15) is 0 Å². The van der Waals surface area contributed by atoms with Crippen LogP contribution in [0.15, 0.2) is 36.8 Å². The Morgan fingerprint density at radius 1 is 1.33 bits per heavy atom. The van der Waals surface area contributed by atoms with E-state index in [1.165, 1.54) is 5.56 Å². The van der Waals surface area contributed by atoms with E-state index in [0.29, 0.717) is 5.92 Å². The molecule has 1 heterocycles. The lowest BCUT2D eigenvalue weighted by Gasteiger charge is -2.13. The van der Waals surface area contributed by atoms with Crippen LogP contribution in [0.2, 0.25) is 0 Å². The molecular formula is C15H20N2O. The summed E-state index contributed by atoms with van der Waals surface area (Å²) in [5, 5.41) is 10.4. The standard InChI is InChI=1S/C15H20N2O/c1-11(2)7-12-5-4-6-13(8-12)15(18)14-9-16-10-17(14)3/h4-6,8-11,15,18H,7H2,1-3H3. The highest BCUT2D eigenvalue weighted by molar-refractivity contribution is 5.29. The van der Waals surface area contributed by atoms with Crippen LogP contribution in [-0.4, -0.2) is 14.7 Å². The summed E-state index contributed by atoms with van der Waals surface area (Å²) >= 11 is 0. The average Bonchev–Trinajstić information content (AvgIpc) is 2.74. The second-order valence-electron chi connectivity index (χ2n) is 5.17. The molecule has 2 aromatic rings. The minimum absolute atomic E-state index is 0.607. The molecule has 0 aliphatic carbocycles. The van der Waals surface area contributed by atoms with Gasteiger partial charge in [0.25, 0.3) is 0 Å². The molecule has 0 saturated carbocycles. The number of aliphatic hydroxyl groups excluding tert-OH is 1. The Morgan fingerprint density at radius 2 is 2.11 bits per heavy atom. The van der Waals surface area contributed by atoms with E-state index in [0.717, 1.165) is 17.7 Å². The number of aliphatic hydroxyl groups is 1. The van der Waals surface area contributed by atoms with Gasteiger partial charge in [0.2, 0.25) is 0 Å². The number of hydrogen-bond donors (Lipinski definition) is 1. The summed E-state index contributed by atoms with van der Waals surface area (Å²) in [5.41, 5.74) is 3.01. The molecule has 96 valence electrons. The molecule has 0 amide bonds. The molecule has 2 rings (SSSR count). The highest BCUT2D eigenvalue weighted by Gasteiger charge is 2.14. The van der Waals surface area contributed by atoms with Crippen molar-refractivity contribution in [2.45, 2.75) is 26.4 Å². The Hall–Kier alpha value is -1.61. The summed E-state index contributed by atoms with van der Waals surface area (Å²) in [4.78, 5) is 4.04. The predicted octanol–water partition coefficient (Wildman–Crippen LogP) is 2.70. The Bertz CT molecular complexity index is 517. The van der Waals surface area contributed by atoms with Crippen LogP contribution in [0, 0.1) is 5.92 Å². The number of imidazole rings is 1. The molecule has 1 unspecified atom stereocenters. The van der Waals surface area contributed by atoms with Gasteiger partial charge in [0.1, 0.15) is 6.10 Å². The third kappa shape index (κ3) is 2.79. The second kappa shape index (κ2) is 5.36. The van der Waals surface area contributed by atoms with Crippen molar-refractivity contribution in [1.29, 1.82) is 0 Å². The normalized spacial score (nSPS) is 12.9. The lowest BCUT2D eigenvalue weighted by Crippen LogP contribution is -2.06. The maximum absolute atomic E-state index is 10.4. The second-order valence-corrected chi connectivity index (χ2v) is 5.17. The van der Waals surface area contributed by atoms with E-state index in [2.05, 4.69) is 31.0 Å². The number of nitrogens with zero attached hydrogens (tertiary/aromatic N) is 2. The largest absolute Gasteiger partial charge is 0.382 e. The lowest BCUT2D eigenvalue weighted by atomic mass is 9.98.